The number of thiazole rings is 1. The van der Waals surface area contributed by atoms with Crippen molar-refractivity contribution in [1.29, 1.82) is 0 Å². The van der Waals surface area contributed by atoms with Gasteiger partial charge in [-0.25, -0.2) is 14.8 Å². The van der Waals surface area contributed by atoms with E-state index in [0.29, 0.717) is 34.3 Å². The van der Waals surface area contributed by atoms with E-state index in [2.05, 4.69) is 15.3 Å². The monoisotopic (exact) mass is 513 g/mol. The molecular weight excluding hydrogens is 490 g/mol. The minimum atomic E-state index is -1.05. The normalized spacial score (nSPS) is 11.7. The fourth-order valence-corrected chi connectivity index (χ4v) is 4.39. The van der Waals surface area contributed by atoms with Gasteiger partial charge in [0.2, 0.25) is 5.89 Å². The smallest absolute Gasteiger partial charge is 0.339 e. The number of hydrogen-bond donors (Lipinski definition) is 1. The van der Waals surface area contributed by atoms with Crippen molar-refractivity contribution in [2.45, 2.75) is 20.0 Å². The molecular formula is C28H23N3O5S. The Labute approximate surface area is 216 Å². The van der Waals surface area contributed by atoms with E-state index < -0.39 is 18.0 Å². The number of ether oxygens (including phenoxy) is 2. The number of benzene rings is 3. The number of aromatic nitrogens is 2. The maximum absolute atomic E-state index is 13.0. The third kappa shape index (κ3) is 5.36. The number of carbonyl (C=O) groups is 2. The molecule has 1 N–H and O–H groups in total. The van der Waals surface area contributed by atoms with Gasteiger partial charge < -0.3 is 13.9 Å². The molecule has 2 aromatic heterocycles. The van der Waals surface area contributed by atoms with E-state index in [0.717, 1.165) is 17.0 Å². The van der Waals surface area contributed by atoms with Gasteiger partial charge in [-0.2, -0.15) is 0 Å². The fraction of sp³-hybridized carbons (Fsp3) is 0.143. The van der Waals surface area contributed by atoms with Gasteiger partial charge in [0.05, 0.1) is 23.4 Å². The van der Waals surface area contributed by atoms with Crippen LogP contribution in [0.4, 0.5) is 5.13 Å². The number of esters is 1. The fourth-order valence-electron chi connectivity index (χ4n) is 3.67. The lowest BCUT2D eigenvalue weighted by atomic mass is 10.1. The first kappa shape index (κ1) is 24.2. The molecule has 0 aliphatic rings. The molecule has 0 aliphatic heterocycles. The zero-order chi connectivity index (χ0) is 25.8. The van der Waals surface area contributed by atoms with Crippen molar-refractivity contribution in [1.82, 2.24) is 9.97 Å². The molecule has 0 bridgehead atoms. The summed E-state index contributed by atoms with van der Waals surface area (Å²) in [5.74, 6) is -0.0613. The molecule has 0 radical (unpaired) electrons. The molecule has 1 amide bonds. The second-order valence-corrected chi connectivity index (χ2v) is 8.92. The molecule has 1 unspecified atom stereocenters. The van der Waals surface area contributed by atoms with Gasteiger partial charge in [-0.3, -0.25) is 10.1 Å². The number of nitrogens with zero attached hydrogens (tertiary/aromatic N) is 2. The molecule has 5 aromatic rings. The number of nitrogens with one attached hydrogen (secondary N) is 1. The van der Waals surface area contributed by atoms with Crippen LogP contribution in [0, 0.1) is 0 Å². The van der Waals surface area contributed by atoms with Gasteiger partial charge in [-0.15, -0.1) is 11.3 Å². The van der Waals surface area contributed by atoms with E-state index in [4.69, 9.17) is 13.9 Å². The quantitative estimate of drug-likeness (QED) is 0.246. The van der Waals surface area contributed by atoms with Crippen LogP contribution in [0.2, 0.25) is 0 Å². The Morgan fingerprint density at radius 2 is 1.76 bits per heavy atom. The number of fused-ring (bicyclic) bond motifs is 1. The largest absolute Gasteiger partial charge is 0.494 e. The average Bonchev–Trinajstić information content (AvgIpc) is 3.56. The third-order valence-electron chi connectivity index (χ3n) is 5.52. The summed E-state index contributed by atoms with van der Waals surface area (Å²) in [5.41, 5.74) is 3.65. The first-order valence-electron chi connectivity index (χ1n) is 11.7. The van der Waals surface area contributed by atoms with E-state index in [1.165, 1.54) is 18.3 Å². The second kappa shape index (κ2) is 10.6. The van der Waals surface area contributed by atoms with Crippen LogP contribution < -0.4 is 10.1 Å². The van der Waals surface area contributed by atoms with Crippen molar-refractivity contribution in [2.75, 3.05) is 11.9 Å². The number of anilines is 1. The lowest BCUT2D eigenvalue weighted by molar-refractivity contribution is -0.123. The summed E-state index contributed by atoms with van der Waals surface area (Å²) in [5, 5.41) is 4.97. The van der Waals surface area contributed by atoms with Crippen molar-refractivity contribution >= 4 is 39.4 Å². The molecule has 37 heavy (non-hydrogen) atoms. The summed E-state index contributed by atoms with van der Waals surface area (Å²) < 4.78 is 16.8. The second-order valence-electron chi connectivity index (χ2n) is 8.06. The van der Waals surface area contributed by atoms with Gasteiger partial charge in [-0.05, 0) is 62.4 Å². The minimum absolute atomic E-state index is 0.251. The molecule has 0 fully saturated rings. The van der Waals surface area contributed by atoms with Gasteiger partial charge in [0.15, 0.2) is 16.8 Å². The standard InChI is InChI=1S/C28H23N3O5S/c1-3-34-19-14-12-18(13-15-19)23-16-37-28(30-23)31-25(32)17(2)35-27(33)21-9-5-4-8-20(21)26-29-22-10-6-7-11-24(22)36-26/h4-17H,3H2,1-2H3,(H,30,31,32). The van der Waals surface area contributed by atoms with Crippen LogP contribution in [-0.2, 0) is 9.53 Å². The Bertz CT molecular complexity index is 1520. The number of carbonyl (C=O) groups excluding carboxylic acids is 2. The van der Waals surface area contributed by atoms with Crippen molar-refractivity contribution in [3.05, 3.63) is 83.7 Å². The van der Waals surface area contributed by atoms with Crippen molar-refractivity contribution in [2.24, 2.45) is 0 Å². The SMILES string of the molecule is CCOc1ccc(-c2csc(NC(=O)C(C)OC(=O)c3ccccc3-c3nc4ccccc4o3)n2)cc1. The van der Waals surface area contributed by atoms with E-state index >= 15 is 0 Å². The highest BCUT2D eigenvalue weighted by atomic mass is 32.1. The minimum Gasteiger partial charge on any atom is -0.494 e. The van der Waals surface area contributed by atoms with Crippen molar-refractivity contribution in [3.63, 3.8) is 0 Å². The lowest BCUT2D eigenvalue weighted by Gasteiger charge is -2.13. The maximum Gasteiger partial charge on any atom is 0.339 e. The van der Waals surface area contributed by atoms with Gasteiger partial charge in [0, 0.05) is 10.9 Å². The molecule has 186 valence electrons. The molecule has 0 saturated heterocycles. The molecule has 3 aromatic carbocycles. The topological polar surface area (TPSA) is 104 Å². The predicted octanol–water partition coefficient (Wildman–Crippen LogP) is 6.20. The van der Waals surface area contributed by atoms with Crippen LogP contribution >= 0.6 is 11.3 Å². The van der Waals surface area contributed by atoms with E-state index in [1.807, 2.05) is 54.8 Å². The summed E-state index contributed by atoms with van der Waals surface area (Å²) in [7, 11) is 0. The molecule has 1 atom stereocenters. The van der Waals surface area contributed by atoms with Gasteiger partial charge >= 0.3 is 5.97 Å². The Kier molecular flexibility index (Phi) is 6.96. The molecule has 0 spiro atoms. The summed E-state index contributed by atoms with van der Waals surface area (Å²) in [6.07, 6.45) is -1.05. The first-order chi connectivity index (χ1) is 18.0. The summed E-state index contributed by atoms with van der Waals surface area (Å²) in [6.45, 7) is 4.03. The van der Waals surface area contributed by atoms with E-state index in [-0.39, 0.29) is 5.56 Å². The van der Waals surface area contributed by atoms with Crippen LogP contribution in [0.3, 0.4) is 0 Å². The molecule has 5 rings (SSSR count). The highest BCUT2D eigenvalue weighted by Crippen LogP contribution is 2.29. The lowest BCUT2D eigenvalue weighted by Crippen LogP contribution is -2.30. The Hall–Kier alpha value is -4.50. The number of rotatable bonds is 8. The Balaban J connectivity index is 1.25. The Morgan fingerprint density at radius 1 is 1.00 bits per heavy atom. The van der Waals surface area contributed by atoms with Crippen LogP contribution in [-0.4, -0.2) is 34.6 Å². The summed E-state index contributed by atoms with van der Waals surface area (Å²) in [4.78, 5) is 34.7. The molecule has 0 saturated carbocycles. The predicted molar refractivity (Wildman–Crippen MR) is 142 cm³/mol. The third-order valence-corrected chi connectivity index (χ3v) is 6.28. The van der Waals surface area contributed by atoms with Crippen molar-refractivity contribution < 1.29 is 23.5 Å². The van der Waals surface area contributed by atoms with Gasteiger partial charge in [0.1, 0.15) is 11.3 Å². The highest BCUT2D eigenvalue weighted by Gasteiger charge is 2.23. The van der Waals surface area contributed by atoms with Crippen LogP contribution in [0.15, 0.2) is 82.6 Å². The number of amides is 1. The average molecular weight is 514 g/mol. The molecule has 2 heterocycles. The molecule has 0 aliphatic carbocycles. The van der Waals surface area contributed by atoms with E-state index in [9.17, 15) is 9.59 Å². The molecule has 8 nitrogen and oxygen atoms in total. The van der Waals surface area contributed by atoms with Gasteiger partial charge in [-0.1, -0.05) is 24.3 Å². The zero-order valence-electron chi connectivity index (χ0n) is 20.1. The summed E-state index contributed by atoms with van der Waals surface area (Å²) in [6, 6.07) is 21.7. The number of oxazole rings is 1. The zero-order valence-corrected chi connectivity index (χ0v) is 21.0. The van der Waals surface area contributed by atoms with E-state index in [1.54, 1.807) is 30.3 Å². The Morgan fingerprint density at radius 3 is 2.54 bits per heavy atom. The van der Waals surface area contributed by atoms with Crippen LogP contribution in [0.25, 0.3) is 33.8 Å². The van der Waals surface area contributed by atoms with Crippen molar-refractivity contribution in [3.8, 4) is 28.5 Å². The van der Waals surface area contributed by atoms with Crippen LogP contribution in [0.5, 0.6) is 5.75 Å². The first-order valence-corrected chi connectivity index (χ1v) is 12.6. The number of para-hydroxylation sites is 2. The maximum atomic E-state index is 13.0. The number of hydrogen-bond acceptors (Lipinski definition) is 8. The van der Waals surface area contributed by atoms with Crippen LogP contribution in [0.1, 0.15) is 24.2 Å². The summed E-state index contributed by atoms with van der Waals surface area (Å²) >= 11 is 1.29. The van der Waals surface area contributed by atoms with Gasteiger partial charge in [0.25, 0.3) is 5.91 Å². The highest BCUT2D eigenvalue weighted by molar-refractivity contribution is 7.14. The molecule has 9 heteroatoms.